The third-order valence-electron chi connectivity index (χ3n) is 6.52. The highest BCUT2D eigenvalue weighted by atomic mass is 79.9. The van der Waals surface area contributed by atoms with E-state index in [4.69, 9.17) is 4.98 Å². The summed E-state index contributed by atoms with van der Waals surface area (Å²) >= 11 is 7.33. The van der Waals surface area contributed by atoms with Crippen LogP contribution in [0.25, 0.3) is 0 Å². The molecule has 1 aliphatic carbocycles. The molecule has 1 amide bonds. The van der Waals surface area contributed by atoms with Crippen molar-refractivity contribution in [2.75, 3.05) is 13.1 Å². The third-order valence-corrected chi connectivity index (χ3v) is 7.58. The molecule has 1 fully saturated rings. The Morgan fingerprint density at radius 3 is 2.54 bits per heavy atom. The second-order valence-corrected chi connectivity index (χ2v) is 9.88. The number of aromatic nitrogens is 1. The molecule has 1 saturated heterocycles. The zero-order chi connectivity index (χ0) is 20.1. The first kappa shape index (κ1) is 19.9. The minimum atomic E-state index is -0.280. The van der Waals surface area contributed by atoms with E-state index in [1.54, 1.807) is 13.0 Å². The number of halogens is 2. The predicted molar refractivity (Wildman–Crippen MR) is 117 cm³/mol. The second-order valence-electron chi connectivity index (χ2n) is 8.11. The van der Waals surface area contributed by atoms with Gasteiger partial charge in [-0.2, -0.15) is 0 Å². The zero-order valence-electron chi connectivity index (χ0n) is 16.1. The number of phenols is 1. The molecule has 0 radical (unpaired) electrons. The van der Waals surface area contributed by atoms with Crippen molar-refractivity contribution in [2.24, 2.45) is 5.92 Å². The largest absolute Gasteiger partial charge is 0.508 e. The summed E-state index contributed by atoms with van der Waals surface area (Å²) in [6.45, 7) is 5.52. The van der Waals surface area contributed by atoms with Gasteiger partial charge in [-0.1, -0.05) is 15.9 Å². The van der Waals surface area contributed by atoms with Gasteiger partial charge < -0.3 is 10.0 Å². The van der Waals surface area contributed by atoms with Gasteiger partial charge in [0.25, 0.3) is 0 Å². The van der Waals surface area contributed by atoms with Crippen LogP contribution in [0.3, 0.4) is 0 Å². The molecular formula is C22H24Br2N2O2. The van der Waals surface area contributed by atoms with Gasteiger partial charge in [0.15, 0.2) is 0 Å². The molecule has 1 N–H and O–H groups in total. The molecule has 6 heteroatoms. The summed E-state index contributed by atoms with van der Waals surface area (Å²) in [7, 11) is 0. The Kier molecular flexibility index (Phi) is 5.29. The molecule has 0 saturated carbocycles. The first-order valence-corrected chi connectivity index (χ1v) is 11.3. The number of hydrogen-bond acceptors (Lipinski definition) is 3. The number of hydrogen-bond donors (Lipinski definition) is 1. The smallest absolute Gasteiger partial charge is 0.219 e. The number of pyridine rings is 1. The van der Waals surface area contributed by atoms with Crippen LogP contribution < -0.4 is 0 Å². The van der Waals surface area contributed by atoms with Gasteiger partial charge in [0.05, 0.1) is 5.69 Å². The Bertz CT molecular complexity index is 938. The minimum absolute atomic E-state index is 0.151. The molecule has 1 unspecified atom stereocenters. The predicted octanol–water partition coefficient (Wildman–Crippen LogP) is 4.98. The molecule has 1 aromatic carbocycles. The lowest BCUT2D eigenvalue weighted by molar-refractivity contribution is -0.130. The minimum Gasteiger partial charge on any atom is -0.508 e. The summed E-state index contributed by atoms with van der Waals surface area (Å²) in [4.78, 5) is 18.7. The van der Waals surface area contributed by atoms with Crippen molar-refractivity contribution < 1.29 is 9.90 Å². The van der Waals surface area contributed by atoms with Gasteiger partial charge in [-0.25, -0.2) is 0 Å². The number of amides is 1. The number of carbonyl (C=O) groups excluding carboxylic acids is 1. The SMILES string of the molecule is CC(=O)N1CCC(C2(C)c3ncc(Br)cc3CCc3cc(O)cc(Br)c32)CC1. The zero-order valence-corrected chi connectivity index (χ0v) is 19.3. The average molecular weight is 508 g/mol. The van der Waals surface area contributed by atoms with Crippen LogP contribution in [0.15, 0.2) is 33.3 Å². The first-order chi connectivity index (χ1) is 13.3. The molecule has 0 spiro atoms. The van der Waals surface area contributed by atoms with Gasteiger partial charge >= 0.3 is 0 Å². The van der Waals surface area contributed by atoms with Crippen LogP contribution in [0.4, 0.5) is 0 Å². The maximum atomic E-state index is 11.8. The standard InChI is InChI=1S/C22H24Br2N2O2/c1-13(27)26-7-5-16(6-8-26)22(2)20-14(10-18(28)11-19(20)24)3-4-15-9-17(23)12-25-21(15)22/h9-12,16,28H,3-8H2,1-2H3. The number of likely N-dealkylation sites (tertiary alicyclic amines) is 1. The summed E-state index contributed by atoms with van der Waals surface area (Å²) in [5, 5.41) is 10.2. The van der Waals surface area contributed by atoms with E-state index in [9.17, 15) is 9.90 Å². The van der Waals surface area contributed by atoms with E-state index in [-0.39, 0.29) is 11.3 Å². The maximum Gasteiger partial charge on any atom is 0.219 e. The molecule has 1 aromatic heterocycles. The fourth-order valence-electron chi connectivity index (χ4n) is 5.12. The molecule has 4 rings (SSSR count). The lowest BCUT2D eigenvalue weighted by Crippen LogP contribution is -2.45. The fraction of sp³-hybridized carbons (Fsp3) is 0.455. The third kappa shape index (κ3) is 3.28. The van der Waals surface area contributed by atoms with Crippen LogP contribution >= 0.6 is 31.9 Å². The van der Waals surface area contributed by atoms with Crippen molar-refractivity contribution in [3.8, 4) is 5.75 Å². The molecule has 1 atom stereocenters. The van der Waals surface area contributed by atoms with Crippen molar-refractivity contribution in [3.05, 3.63) is 55.7 Å². The molecule has 0 bridgehead atoms. The molecule has 2 aliphatic rings. The number of rotatable bonds is 1. The summed E-state index contributed by atoms with van der Waals surface area (Å²) in [5.74, 6) is 0.811. The second kappa shape index (κ2) is 7.45. The lowest BCUT2D eigenvalue weighted by atomic mass is 9.64. The average Bonchev–Trinajstić information content (AvgIpc) is 2.77. The highest BCUT2D eigenvalue weighted by Gasteiger charge is 2.45. The van der Waals surface area contributed by atoms with Crippen molar-refractivity contribution in [1.82, 2.24) is 9.88 Å². The number of aryl methyl sites for hydroxylation is 2. The van der Waals surface area contributed by atoms with Gasteiger partial charge in [0, 0.05) is 40.6 Å². The molecule has 1 aliphatic heterocycles. The Morgan fingerprint density at radius 1 is 1.18 bits per heavy atom. The van der Waals surface area contributed by atoms with Crippen LogP contribution in [0.5, 0.6) is 5.75 Å². The van der Waals surface area contributed by atoms with E-state index < -0.39 is 0 Å². The maximum absolute atomic E-state index is 11.8. The number of phenolic OH excluding ortho intramolecular Hbond substituents is 1. The Labute approximate surface area is 182 Å². The number of piperidine rings is 1. The van der Waals surface area contributed by atoms with Crippen molar-refractivity contribution >= 4 is 37.8 Å². The summed E-state index contributed by atoms with van der Waals surface area (Å²) in [6, 6.07) is 5.89. The van der Waals surface area contributed by atoms with Gasteiger partial charge in [0.1, 0.15) is 5.75 Å². The van der Waals surface area contributed by atoms with E-state index in [1.165, 1.54) is 16.7 Å². The monoisotopic (exact) mass is 506 g/mol. The van der Waals surface area contributed by atoms with Gasteiger partial charge in [-0.3, -0.25) is 9.78 Å². The Hall–Kier alpha value is -1.40. The van der Waals surface area contributed by atoms with E-state index in [2.05, 4.69) is 44.8 Å². The van der Waals surface area contributed by atoms with E-state index in [0.717, 1.165) is 53.4 Å². The molecular weight excluding hydrogens is 484 g/mol. The summed E-state index contributed by atoms with van der Waals surface area (Å²) in [5.41, 5.74) is 4.52. The molecule has 2 heterocycles. The van der Waals surface area contributed by atoms with Crippen molar-refractivity contribution in [1.29, 1.82) is 0 Å². The topological polar surface area (TPSA) is 53.4 Å². The molecule has 28 heavy (non-hydrogen) atoms. The normalized spacial score (nSPS) is 22.4. The van der Waals surface area contributed by atoms with Crippen LogP contribution in [0.1, 0.15) is 49.1 Å². The highest BCUT2D eigenvalue weighted by Crippen LogP contribution is 2.50. The molecule has 148 valence electrons. The van der Waals surface area contributed by atoms with Crippen LogP contribution in [0, 0.1) is 5.92 Å². The highest BCUT2D eigenvalue weighted by molar-refractivity contribution is 9.10. The van der Waals surface area contributed by atoms with Crippen LogP contribution in [-0.2, 0) is 23.1 Å². The van der Waals surface area contributed by atoms with Gasteiger partial charge in [0.2, 0.25) is 5.91 Å². The summed E-state index contributed by atoms with van der Waals surface area (Å²) < 4.78 is 1.93. The van der Waals surface area contributed by atoms with Crippen molar-refractivity contribution in [2.45, 2.75) is 44.9 Å². The number of aromatic hydroxyl groups is 1. The number of benzene rings is 1. The van der Waals surface area contributed by atoms with Crippen LogP contribution in [-0.4, -0.2) is 34.0 Å². The lowest BCUT2D eigenvalue weighted by Gasteiger charge is -2.44. The number of fused-ring (bicyclic) bond motifs is 2. The van der Waals surface area contributed by atoms with Gasteiger partial charge in [-0.15, -0.1) is 0 Å². The summed E-state index contributed by atoms with van der Waals surface area (Å²) in [6.07, 6.45) is 5.54. The molecule has 2 aromatic rings. The Morgan fingerprint density at radius 2 is 1.86 bits per heavy atom. The number of nitrogens with zero attached hydrogens (tertiary/aromatic N) is 2. The van der Waals surface area contributed by atoms with Crippen molar-refractivity contribution in [3.63, 3.8) is 0 Å². The van der Waals surface area contributed by atoms with E-state index in [0.29, 0.717) is 11.7 Å². The first-order valence-electron chi connectivity index (χ1n) is 9.73. The fourth-order valence-corrected chi connectivity index (χ4v) is 6.40. The van der Waals surface area contributed by atoms with Gasteiger partial charge in [-0.05, 0) is 89.3 Å². The number of carbonyl (C=O) groups is 1. The van der Waals surface area contributed by atoms with E-state index in [1.807, 2.05) is 17.2 Å². The quantitative estimate of drug-likeness (QED) is 0.592. The Balaban J connectivity index is 1.88. The van der Waals surface area contributed by atoms with E-state index >= 15 is 0 Å². The molecule has 4 nitrogen and oxygen atoms in total. The van der Waals surface area contributed by atoms with Crippen LogP contribution in [0.2, 0.25) is 0 Å².